The SMILES string of the molecule is CC[C@H](C)[C@H](NC(=O)[C@H](CCCN=C(N)N)NC(=O)[C@H](CCCCN)NC(=O)[C@H](CC(C)C)NC(=O)[C@H](C)NC(=O)CN)C(=O)N[C@@H](CCCCN)C(=O)N[C@H](C(=O)N[C@@H](CC(C)C)C(=O)N[C@@H](CC(C)C)C(N)=O)[C@@H](C)O. The van der Waals surface area contributed by atoms with Crippen LogP contribution in [-0.4, -0.2) is 157 Å². The largest absolute Gasteiger partial charge is 0.391 e. The lowest BCUT2D eigenvalue weighted by molar-refractivity contribution is -0.137. The van der Waals surface area contributed by atoms with Crippen molar-refractivity contribution < 1.29 is 53.1 Å². The predicted molar refractivity (Wildman–Crippen MR) is 297 cm³/mol. The van der Waals surface area contributed by atoms with Crippen molar-refractivity contribution in [3.05, 3.63) is 0 Å². The molecule has 11 atom stereocenters. The zero-order chi connectivity index (χ0) is 59.8. The average Bonchev–Trinajstić information content (AvgIpc) is 3.35. The first kappa shape index (κ1) is 71.8. The summed E-state index contributed by atoms with van der Waals surface area (Å²) in [6, 6.07) is -11.3. The minimum atomic E-state index is -1.63. The molecule has 0 aliphatic carbocycles. The number of guanidine groups is 1. The number of rotatable bonds is 40. The van der Waals surface area contributed by atoms with Crippen LogP contribution >= 0.6 is 0 Å². The summed E-state index contributed by atoms with van der Waals surface area (Å²) in [4.78, 5) is 140. The lowest BCUT2D eigenvalue weighted by Gasteiger charge is -2.30. The third-order valence-electron chi connectivity index (χ3n) is 12.6. The van der Waals surface area contributed by atoms with Crippen LogP contribution in [0.2, 0.25) is 0 Å². The summed E-state index contributed by atoms with van der Waals surface area (Å²) in [6.45, 7) is 17.3. The first-order valence-electron chi connectivity index (χ1n) is 27.4. The molecule has 0 saturated carbocycles. The van der Waals surface area contributed by atoms with Gasteiger partial charge >= 0.3 is 0 Å². The van der Waals surface area contributed by atoms with E-state index in [2.05, 4.69) is 52.8 Å². The Morgan fingerprint density at radius 2 is 0.795 bits per heavy atom. The molecule has 0 fully saturated rings. The standard InChI is InChI=1S/C51H98N16O11/c1-11-30(8)40(49(77)62-34(18-13-15-21-53)46(74)67-41(32(10)68)50(78)65-38(25-29(6)7)48(76)63-36(42(55)70)23-27(2)3)66-45(73)35(19-16-22-58-51(56)57)60-44(72)33(17-12-14-20-52)61-47(75)37(24-28(4)5)64-43(71)31(9)59-39(69)26-54/h27-38,40-41,68H,11-26,52-54H2,1-10H3,(H2,55,70)(H,59,69)(H,60,72)(H,61,75)(H,62,77)(H,63,76)(H,64,71)(H,65,78)(H,66,73)(H,67,74)(H4,56,57,58)/t30-,31-,32+,33-,34-,35-,36-,37-,38-,40-,41-/m0/s1. The maximum Gasteiger partial charge on any atom is 0.245 e. The van der Waals surface area contributed by atoms with Crippen LogP contribution in [0, 0.1) is 23.7 Å². The van der Waals surface area contributed by atoms with Gasteiger partial charge in [-0.2, -0.15) is 0 Å². The Morgan fingerprint density at radius 3 is 1.19 bits per heavy atom. The third-order valence-corrected chi connectivity index (χ3v) is 12.6. The first-order valence-corrected chi connectivity index (χ1v) is 27.4. The number of unbranched alkanes of at least 4 members (excludes halogenated alkanes) is 2. The quantitative estimate of drug-likeness (QED) is 0.0162. The van der Waals surface area contributed by atoms with E-state index in [1.807, 2.05) is 41.5 Å². The van der Waals surface area contributed by atoms with Crippen molar-refractivity contribution in [2.45, 2.75) is 207 Å². The summed E-state index contributed by atoms with van der Waals surface area (Å²) in [5, 5.41) is 34.6. The summed E-state index contributed by atoms with van der Waals surface area (Å²) in [5.74, 6) is -8.59. The van der Waals surface area contributed by atoms with E-state index in [0.29, 0.717) is 32.1 Å². The number of primary amides is 1. The number of hydrogen-bond donors (Lipinski definition) is 16. The van der Waals surface area contributed by atoms with Crippen LogP contribution < -0.4 is 82.3 Å². The highest BCUT2D eigenvalue weighted by atomic mass is 16.3. The Morgan fingerprint density at radius 1 is 0.436 bits per heavy atom. The van der Waals surface area contributed by atoms with E-state index in [-0.39, 0.29) is 94.8 Å². The number of hydrogen-bond acceptors (Lipinski definition) is 15. The minimum absolute atomic E-state index is 0.00433. The second-order valence-corrected chi connectivity index (χ2v) is 21.3. The van der Waals surface area contributed by atoms with E-state index in [9.17, 15) is 53.1 Å². The highest BCUT2D eigenvalue weighted by Crippen LogP contribution is 2.15. The fraction of sp³-hybridized carbons (Fsp3) is 0.784. The molecule has 0 saturated heterocycles. The fourth-order valence-corrected chi connectivity index (χ4v) is 8.04. The third kappa shape index (κ3) is 29.0. The van der Waals surface area contributed by atoms with Gasteiger partial charge in [-0.15, -0.1) is 0 Å². The molecule has 0 aliphatic rings. The van der Waals surface area contributed by atoms with Crippen molar-refractivity contribution in [1.29, 1.82) is 0 Å². The summed E-state index contributed by atoms with van der Waals surface area (Å²) in [5.41, 5.74) is 33.6. The van der Waals surface area contributed by atoms with E-state index in [1.54, 1.807) is 13.8 Å². The van der Waals surface area contributed by atoms with Gasteiger partial charge in [0.2, 0.25) is 59.1 Å². The van der Waals surface area contributed by atoms with Gasteiger partial charge in [-0.05, 0) is 121 Å². The topological polar surface area (TPSA) is 468 Å². The van der Waals surface area contributed by atoms with Crippen LogP contribution in [-0.2, 0) is 47.9 Å². The van der Waals surface area contributed by atoms with Gasteiger partial charge in [-0.25, -0.2) is 0 Å². The molecule has 448 valence electrons. The van der Waals surface area contributed by atoms with Crippen LogP contribution in [0.4, 0.5) is 0 Å². The summed E-state index contributed by atoms with van der Waals surface area (Å²) >= 11 is 0. The number of carbonyl (C=O) groups excluding carboxylic acids is 10. The van der Waals surface area contributed by atoms with Gasteiger partial charge in [0.25, 0.3) is 0 Å². The lowest BCUT2D eigenvalue weighted by Crippen LogP contribution is -2.62. The predicted octanol–water partition coefficient (Wildman–Crippen LogP) is -3.31. The highest BCUT2D eigenvalue weighted by Gasteiger charge is 2.37. The van der Waals surface area contributed by atoms with Crippen LogP contribution in [0.5, 0.6) is 0 Å². The molecule has 27 heteroatoms. The van der Waals surface area contributed by atoms with Gasteiger partial charge in [0, 0.05) is 6.54 Å². The Balaban J connectivity index is 6.94. The smallest absolute Gasteiger partial charge is 0.245 e. The van der Waals surface area contributed by atoms with Gasteiger partial charge < -0.3 is 87.4 Å². The Kier molecular flexibility index (Phi) is 35.3. The number of nitrogens with two attached hydrogens (primary N) is 6. The summed E-state index contributed by atoms with van der Waals surface area (Å²) < 4.78 is 0. The molecule has 0 radical (unpaired) electrons. The number of aliphatic hydroxyl groups is 1. The second kappa shape index (κ2) is 38.4. The van der Waals surface area contributed by atoms with Gasteiger partial charge in [-0.1, -0.05) is 61.8 Å². The molecule has 0 rings (SSSR count). The maximum atomic E-state index is 14.4. The molecule has 10 amide bonds. The molecule has 0 bridgehead atoms. The zero-order valence-electron chi connectivity index (χ0n) is 47.8. The van der Waals surface area contributed by atoms with Gasteiger partial charge in [0.05, 0.1) is 12.6 Å². The molecular weight excluding hydrogens is 1010 g/mol. The second-order valence-electron chi connectivity index (χ2n) is 21.3. The van der Waals surface area contributed by atoms with Crippen molar-refractivity contribution in [2.24, 2.45) is 63.1 Å². The van der Waals surface area contributed by atoms with Crippen molar-refractivity contribution in [2.75, 3.05) is 26.2 Å². The van der Waals surface area contributed by atoms with Crippen molar-refractivity contribution in [1.82, 2.24) is 47.9 Å². The van der Waals surface area contributed by atoms with Crippen molar-refractivity contribution in [3.63, 3.8) is 0 Å². The van der Waals surface area contributed by atoms with Crippen LogP contribution in [0.25, 0.3) is 0 Å². The molecule has 78 heavy (non-hydrogen) atoms. The number of amides is 10. The van der Waals surface area contributed by atoms with Crippen LogP contribution in [0.1, 0.15) is 146 Å². The van der Waals surface area contributed by atoms with E-state index < -0.39 is 125 Å². The molecule has 27 nitrogen and oxygen atoms in total. The maximum absolute atomic E-state index is 14.4. The number of nitrogens with one attached hydrogen (secondary N) is 9. The summed E-state index contributed by atoms with van der Waals surface area (Å²) in [6.07, 6.45) is 1.20. The van der Waals surface area contributed by atoms with Gasteiger partial charge in [-0.3, -0.25) is 52.9 Å². The highest BCUT2D eigenvalue weighted by molar-refractivity contribution is 5.98. The molecule has 0 aromatic rings. The van der Waals surface area contributed by atoms with Crippen molar-refractivity contribution in [3.8, 4) is 0 Å². The zero-order valence-corrected chi connectivity index (χ0v) is 47.8. The minimum Gasteiger partial charge on any atom is -0.391 e. The normalized spacial score (nSPS) is 15.6. The monoisotopic (exact) mass is 1110 g/mol. The Labute approximate surface area is 460 Å². The molecule has 0 heterocycles. The number of carbonyl (C=O) groups is 10. The lowest BCUT2D eigenvalue weighted by atomic mass is 9.96. The van der Waals surface area contributed by atoms with Gasteiger partial charge in [0.15, 0.2) is 5.96 Å². The van der Waals surface area contributed by atoms with Crippen LogP contribution in [0.3, 0.4) is 0 Å². The molecular formula is C51H98N16O11. The average molecular weight is 1110 g/mol. The van der Waals surface area contributed by atoms with E-state index in [4.69, 9.17) is 34.4 Å². The van der Waals surface area contributed by atoms with Gasteiger partial charge in [0.1, 0.15) is 54.4 Å². The van der Waals surface area contributed by atoms with Crippen LogP contribution in [0.15, 0.2) is 4.99 Å². The van der Waals surface area contributed by atoms with E-state index in [0.717, 1.165) is 0 Å². The first-order chi connectivity index (χ1) is 36.5. The number of aliphatic imine (C=N–C) groups is 1. The molecule has 0 unspecified atom stereocenters. The molecule has 0 aliphatic heterocycles. The van der Waals surface area contributed by atoms with E-state index in [1.165, 1.54) is 13.8 Å². The molecule has 0 spiro atoms. The van der Waals surface area contributed by atoms with Crippen molar-refractivity contribution >= 4 is 65.0 Å². The number of aliphatic hydroxyl groups excluding tert-OH is 1. The summed E-state index contributed by atoms with van der Waals surface area (Å²) in [7, 11) is 0. The molecule has 0 aromatic heterocycles. The Hall–Kier alpha value is -6.19. The molecule has 22 N–H and O–H groups in total. The number of nitrogens with zero attached hydrogens (tertiary/aromatic N) is 1. The molecule has 0 aromatic carbocycles. The Bertz CT molecular complexity index is 1950. The fourth-order valence-electron chi connectivity index (χ4n) is 8.04. The van der Waals surface area contributed by atoms with E-state index >= 15 is 0 Å².